The number of hydrogen-bond acceptors (Lipinski definition) is 1. The molecule has 1 saturated carbocycles. The van der Waals surface area contributed by atoms with Gasteiger partial charge in [0.05, 0.1) is 0 Å². The summed E-state index contributed by atoms with van der Waals surface area (Å²) < 4.78 is 0. The maximum Gasteiger partial charge on any atom is 0.160 e. The van der Waals surface area contributed by atoms with Crippen LogP contribution < -0.4 is 0 Å². The summed E-state index contributed by atoms with van der Waals surface area (Å²) in [4.78, 5) is 11.3. The lowest BCUT2D eigenvalue weighted by molar-refractivity contribution is -0.121. The van der Waals surface area contributed by atoms with Crippen molar-refractivity contribution >= 4 is 5.78 Å². The fourth-order valence-corrected chi connectivity index (χ4v) is 0.762. The summed E-state index contributed by atoms with van der Waals surface area (Å²) in [5.41, 5.74) is -0.203. The van der Waals surface area contributed by atoms with E-state index in [1.54, 1.807) is 6.08 Å². The first-order valence-electron chi connectivity index (χ1n) is 4.23. The van der Waals surface area contributed by atoms with Crippen molar-refractivity contribution in [3.8, 4) is 0 Å². The highest BCUT2D eigenvalue weighted by atomic mass is 16.1. The third-order valence-corrected chi connectivity index (χ3v) is 1.88. The van der Waals surface area contributed by atoms with Crippen LogP contribution in [0.15, 0.2) is 12.2 Å². The lowest BCUT2D eigenvalue weighted by atomic mass is 9.90. The Kier molecular flexibility index (Phi) is 2.17. The van der Waals surface area contributed by atoms with Gasteiger partial charge in [-0.05, 0) is 24.8 Å². The SMILES string of the molecule is CC(C)(C)C(=O)/C=C/C1CC1. The molecule has 0 aromatic heterocycles. The van der Waals surface area contributed by atoms with Crippen LogP contribution in [0, 0.1) is 11.3 Å². The maximum atomic E-state index is 11.3. The second kappa shape index (κ2) is 2.80. The summed E-state index contributed by atoms with van der Waals surface area (Å²) in [5, 5.41) is 0. The maximum absolute atomic E-state index is 11.3. The lowest BCUT2D eigenvalue weighted by Crippen LogP contribution is -2.17. The molecule has 1 nitrogen and oxygen atoms in total. The predicted molar refractivity (Wildman–Crippen MR) is 46.3 cm³/mol. The Balaban J connectivity index is 2.41. The van der Waals surface area contributed by atoms with Gasteiger partial charge in [-0.2, -0.15) is 0 Å². The van der Waals surface area contributed by atoms with Crippen LogP contribution in [0.1, 0.15) is 33.6 Å². The van der Waals surface area contributed by atoms with Gasteiger partial charge in [-0.15, -0.1) is 0 Å². The van der Waals surface area contributed by atoms with Crippen molar-refractivity contribution in [2.75, 3.05) is 0 Å². The van der Waals surface area contributed by atoms with Crippen molar-refractivity contribution in [2.45, 2.75) is 33.6 Å². The number of hydrogen-bond donors (Lipinski definition) is 0. The van der Waals surface area contributed by atoms with Gasteiger partial charge < -0.3 is 0 Å². The molecule has 1 aliphatic rings. The van der Waals surface area contributed by atoms with Crippen LogP contribution >= 0.6 is 0 Å². The van der Waals surface area contributed by atoms with Gasteiger partial charge in [-0.25, -0.2) is 0 Å². The predicted octanol–water partition coefficient (Wildman–Crippen LogP) is 2.57. The van der Waals surface area contributed by atoms with Gasteiger partial charge in [0.25, 0.3) is 0 Å². The second-order valence-electron chi connectivity index (χ2n) is 4.31. The summed E-state index contributed by atoms with van der Waals surface area (Å²) in [5.74, 6) is 0.950. The minimum absolute atomic E-state index is 0.203. The summed E-state index contributed by atoms with van der Waals surface area (Å²) in [6.07, 6.45) is 6.34. The first kappa shape index (κ1) is 8.51. The molecule has 0 N–H and O–H groups in total. The van der Waals surface area contributed by atoms with Crippen LogP contribution in [0.3, 0.4) is 0 Å². The van der Waals surface area contributed by atoms with Gasteiger partial charge >= 0.3 is 0 Å². The molecule has 0 bridgehead atoms. The molecule has 0 amide bonds. The summed E-state index contributed by atoms with van der Waals surface area (Å²) in [6, 6.07) is 0. The van der Waals surface area contributed by atoms with Crippen LogP contribution in [-0.2, 0) is 4.79 Å². The largest absolute Gasteiger partial charge is 0.294 e. The lowest BCUT2D eigenvalue weighted by Gasteiger charge is -2.12. The highest BCUT2D eigenvalue weighted by Crippen LogP contribution is 2.30. The van der Waals surface area contributed by atoms with E-state index in [9.17, 15) is 4.79 Å². The fourth-order valence-electron chi connectivity index (χ4n) is 0.762. The van der Waals surface area contributed by atoms with Crippen molar-refractivity contribution in [3.05, 3.63) is 12.2 Å². The third-order valence-electron chi connectivity index (χ3n) is 1.88. The molecule has 62 valence electrons. The van der Waals surface area contributed by atoms with Gasteiger partial charge in [-0.3, -0.25) is 4.79 Å². The fraction of sp³-hybridized carbons (Fsp3) is 0.700. The van der Waals surface area contributed by atoms with Crippen LogP contribution in [-0.4, -0.2) is 5.78 Å². The summed E-state index contributed by atoms with van der Waals surface area (Å²) >= 11 is 0. The Bertz CT molecular complexity index is 180. The Labute approximate surface area is 68.5 Å². The highest BCUT2D eigenvalue weighted by molar-refractivity contribution is 5.93. The number of carbonyl (C=O) groups excluding carboxylic acids is 1. The minimum Gasteiger partial charge on any atom is -0.294 e. The van der Waals surface area contributed by atoms with Crippen molar-refractivity contribution in [1.82, 2.24) is 0 Å². The van der Waals surface area contributed by atoms with Crippen molar-refractivity contribution < 1.29 is 4.79 Å². The molecule has 11 heavy (non-hydrogen) atoms. The number of rotatable bonds is 2. The first-order chi connectivity index (χ1) is 5.00. The smallest absolute Gasteiger partial charge is 0.160 e. The van der Waals surface area contributed by atoms with E-state index < -0.39 is 0 Å². The van der Waals surface area contributed by atoms with E-state index in [1.807, 2.05) is 26.8 Å². The van der Waals surface area contributed by atoms with Gasteiger partial charge in [0.2, 0.25) is 0 Å². The van der Waals surface area contributed by atoms with Gasteiger partial charge in [0.1, 0.15) is 0 Å². The second-order valence-corrected chi connectivity index (χ2v) is 4.31. The van der Waals surface area contributed by atoms with E-state index in [1.165, 1.54) is 12.8 Å². The molecule has 1 rings (SSSR count). The van der Waals surface area contributed by atoms with Crippen LogP contribution in [0.4, 0.5) is 0 Å². The monoisotopic (exact) mass is 152 g/mol. The Morgan fingerprint density at radius 2 is 1.91 bits per heavy atom. The molecule has 0 spiro atoms. The summed E-state index contributed by atoms with van der Waals surface area (Å²) in [7, 11) is 0. The van der Waals surface area contributed by atoms with Crippen LogP contribution in [0.5, 0.6) is 0 Å². The molecule has 0 aliphatic heterocycles. The molecular weight excluding hydrogens is 136 g/mol. The van der Waals surface area contributed by atoms with Gasteiger partial charge in [0.15, 0.2) is 5.78 Å². The molecule has 0 radical (unpaired) electrons. The zero-order chi connectivity index (χ0) is 8.48. The van der Waals surface area contributed by atoms with E-state index in [0.29, 0.717) is 5.92 Å². The van der Waals surface area contributed by atoms with Gasteiger partial charge in [-0.1, -0.05) is 26.8 Å². The van der Waals surface area contributed by atoms with E-state index in [0.717, 1.165) is 0 Å². The third kappa shape index (κ3) is 2.87. The highest BCUT2D eigenvalue weighted by Gasteiger charge is 2.21. The van der Waals surface area contributed by atoms with E-state index in [2.05, 4.69) is 0 Å². The molecule has 0 unspecified atom stereocenters. The molecule has 0 saturated heterocycles. The molecule has 1 fully saturated rings. The molecule has 0 aromatic rings. The minimum atomic E-state index is -0.203. The average Bonchev–Trinajstić information content (AvgIpc) is 2.62. The van der Waals surface area contributed by atoms with Crippen molar-refractivity contribution in [2.24, 2.45) is 11.3 Å². The van der Waals surface area contributed by atoms with Gasteiger partial charge in [0, 0.05) is 5.41 Å². The van der Waals surface area contributed by atoms with Crippen LogP contribution in [0.2, 0.25) is 0 Å². The number of carbonyl (C=O) groups is 1. The van der Waals surface area contributed by atoms with E-state index in [-0.39, 0.29) is 11.2 Å². The first-order valence-corrected chi connectivity index (χ1v) is 4.23. The Morgan fingerprint density at radius 1 is 1.36 bits per heavy atom. The quantitative estimate of drug-likeness (QED) is 0.556. The standard InChI is InChI=1S/C10H16O/c1-10(2,3)9(11)7-6-8-4-5-8/h6-8H,4-5H2,1-3H3/b7-6+. The van der Waals surface area contributed by atoms with E-state index in [4.69, 9.17) is 0 Å². The van der Waals surface area contributed by atoms with Crippen molar-refractivity contribution in [1.29, 1.82) is 0 Å². The molecule has 0 atom stereocenters. The van der Waals surface area contributed by atoms with Crippen LogP contribution in [0.25, 0.3) is 0 Å². The normalized spacial score (nSPS) is 19.2. The summed E-state index contributed by atoms with van der Waals surface area (Å²) in [6.45, 7) is 5.85. The zero-order valence-electron chi connectivity index (χ0n) is 7.55. The molecule has 1 aliphatic carbocycles. The number of ketones is 1. The zero-order valence-corrected chi connectivity index (χ0v) is 7.55. The topological polar surface area (TPSA) is 17.1 Å². The van der Waals surface area contributed by atoms with E-state index >= 15 is 0 Å². The average molecular weight is 152 g/mol. The Hall–Kier alpha value is -0.590. The Morgan fingerprint density at radius 3 is 2.27 bits per heavy atom. The molecule has 0 aromatic carbocycles. The molecule has 0 heterocycles. The molecule has 1 heteroatoms. The molecular formula is C10H16O. The number of allylic oxidation sites excluding steroid dienone is 2. The van der Waals surface area contributed by atoms with Crippen molar-refractivity contribution in [3.63, 3.8) is 0 Å².